The van der Waals surface area contributed by atoms with Crippen molar-refractivity contribution in [2.75, 3.05) is 0 Å². The van der Waals surface area contributed by atoms with Crippen molar-refractivity contribution in [3.63, 3.8) is 0 Å². The van der Waals surface area contributed by atoms with E-state index in [9.17, 15) is 4.79 Å². The van der Waals surface area contributed by atoms with Crippen molar-refractivity contribution in [3.05, 3.63) is 31.0 Å². The van der Waals surface area contributed by atoms with Crippen molar-refractivity contribution >= 4 is 5.91 Å². The molecule has 7 heteroatoms. The zero-order chi connectivity index (χ0) is 17.9. The van der Waals surface area contributed by atoms with Crippen LogP contribution in [0.2, 0.25) is 0 Å². The third-order valence-electron chi connectivity index (χ3n) is 5.74. The summed E-state index contributed by atoms with van der Waals surface area (Å²) in [7, 11) is 0. The number of nitrogens with one attached hydrogen (secondary N) is 1. The normalized spacial score (nSPS) is 28.8. The molecule has 4 rings (SSSR count). The minimum atomic E-state index is 0.115. The van der Waals surface area contributed by atoms with Crippen LogP contribution in [0.15, 0.2) is 31.0 Å². The molecule has 1 amide bonds. The average Bonchev–Trinajstić information content (AvgIpc) is 3.32. The lowest BCUT2D eigenvalue weighted by Gasteiger charge is -2.30. The van der Waals surface area contributed by atoms with E-state index in [1.165, 1.54) is 0 Å². The van der Waals surface area contributed by atoms with Gasteiger partial charge in [0.25, 0.3) is 0 Å². The number of hydrogen-bond donors (Lipinski definition) is 2. The summed E-state index contributed by atoms with van der Waals surface area (Å²) >= 11 is 0. The number of aromatic nitrogens is 4. The molecule has 0 aromatic carbocycles. The van der Waals surface area contributed by atoms with E-state index in [1.54, 1.807) is 12.5 Å². The largest absolute Gasteiger partial charge is 0.353 e. The quantitative estimate of drug-likeness (QED) is 0.876. The maximum Gasteiger partial charge on any atom is 0.223 e. The lowest BCUT2D eigenvalue weighted by molar-refractivity contribution is -0.125. The van der Waals surface area contributed by atoms with Gasteiger partial charge in [-0.1, -0.05) is 0 Å². The van der Waals surface area contributed by atoms with Crippen LogP contribution in [0, 0.1) is 5.92 Å². The van der Waals surface area contributed by atoms with Crippen LogP contribution in [-0.2, 0) is 4.79 Å². The lowest BCUT2D eigenvalue weighted by atomic mass is 9.90. The van der Waals surface area contributed by atoms with Crippen molar-refractivity contribution < 1.29 is 4.79 Å². The fourth-order valence-electron chi connectivity index (χ4n) is 4.19. The van der Waals surface area contributed by atoms with E-state index >= 15 is 0 Å². The minimum Gasteiger partial charge on any atom is -0.353 e. The smallest absolute Gasteiger partial charge is 0.223 e. The molecule has 3 N–H and O–H groups in total. The van der Waals surface area contributed by atoms with E-state index < -0.39 is 0 Å². The first-order valence-electron chi connectivity index (χ1n) is 9.55. The Morgan fingerprint density at radius 2 is 2.04 bits per heavy atom. The van der Waals surface area contributed by atoms with Gasteiger partial charge in [-0.15, -0.1) is 0 Å². The summed E-state index contributed by atoms with van der Waals surface area (Å²) in [6.45, 7) is 0. The Hall–Kier alpha value is -2.28. The van der Waals surface area contributed by atoms with Crippen molar-refractivity contribution in [1.82, 2.24) is 25.1 Å². The standard InChI is InChI=1S/C19H26N6O/c20-15-2-1-13(9-15)19(26)24-16-3-5-17(6-4-16)25-11-14(10-23-25)18-7-8-21-12-22-18/h7-8,10-13,15-17H,1-6,9,20H2,(H,24,26)/t13-,15+,16?,17?/m1/s1. The third kappa shape index (κ3) is 3.77. The van der Waals surface area contributed by atoms with E-state index in [2.05, 4.69) is 26.6 Å². The van der Waals surface area contributed by atoms with E-state index in [1.807, 2.05) is 16.9 Å². The number of rotatable bonds is 4. The molecular formula is C19H26N6O. The molecule has 2 aromatic rings. The van der Waals surface area contributed by atoms with Crippen molar-refractivity contribution in [2.45, 2.75) is 63.1 Å². The van der Waals surface area contributed by atoms with Gasteiger partial charge < -0.3 is 11.1 Å². The molecule has 2 aromatic heterocycles. The Morgan fingerprint density at radius 1 is 1.19 bits per heavy atom. The Balaban J connectivity index is 1.30. The van der Waals surface area contributed by atoms with Crippen LogP contribution < -0.4 is 11.1 Å². The van der Waals surface area contributed by atoms with E-state index in [0.29, 0.717) is 6.04 Å². The first-order valence-corrected chi connectivity index (χ1v) is 9.55. The number of amides is 1. The second-order valence-corrected chi connectivity index (χ2v) is 7.59. The Labute approximate surface area is 153 Å². The van der Waals surface area contributed by atoms with Gasteiger partial charge in [0.05, 0.1) is 17.9 Å². The molecule has 0 unspecified atom stereocenters. The van der Waals surface area contributed by atoms with Crippen molar-refractivity contribution in [1.29, 1.82) is 0 Å². The lowest BCUT2D eigenvalue weighted by Crippen LogP contribution is -2.41. The number of nitrogens with two attached hydrogens (primary N) is 1. The van der Waals surface area contributed by atoms with E-state index in [4.69, 9.17) is 5.73 Å². The Kier molecular flexibility index (Phi) is 4.97. The first kappa shape index (κ1) is 17.1. The summed E-state index contributed by atoms with van der Waals surface area (Å²) in [6.07, 6.45) is 14.0. The topological polar surface area (TPSA) is 98.7 Å². The molecule has 2 atom stereocenters. The average molecular weight is 354 g/mol. The summed E-state index contributed by atoms with van der Waals surface area (Å²) in [5.41, 5.74) is 7.83. The summed E-state index contributed by atoms with van der Waals surface area (Å²) in [6, 6.07) is 2.76. The summed E-state index contributed by atoms with van der Waals surface area (Å²) in [5, 5.41) is 7.77. The molecule has 0 saturated heterocycles. The molecule has 138 valence electrons. The maximum atomic E-state index is 12.4. The molecule has 0 bridgehead atoms. The highest BCUT2D eigenvalue weighted by molar-refractivity contribution is 5.79. The fourth-order valence-corrected chi connectivity index (χ4v) is 4.19. The summed E-state index contributed by atoms with van der Waals surface area (Å²) in [4.78, 5) is 20.6. The predicted molar refractivity (Wildman–Crippen MR) is 98.0 cm³/mol. The van der Waals surface area contributed by atoms with Crippen molar-refractivity contribution in [2.24, 2.45) is 11.7 Å². The van der Waals surface area contributed by atoms with Crippen LogP contribution in [0.3, 0.4) is 0 Å². The molecule has 7 nitrogen and oxygen atoms in total. The fraction of sp³-hybridized carbons (Fsp3) is 0.579. The second-order valence-electron chi connectivity index (χ2n) is 7.59. The van der Waals surface area contributed by atoms with Crippen LogP contribution in [-0.4, -0.2) is 37.7 Å². The molecular weight excluding hydrogens is 328 g/mol. The highest BCUT2D eigenvalue weighted by Gasteiger charge is 2.30. The molecule has 2 aliphatic carbocycles. The van der Waals surface area contributed by atoms with Crippen LogP contribution >= 0.6 is 0 Å². The van der Waals surface area contributed by atoms with Gasteiger partial charge in [-0.3, -0.25) is 9.48 Å². The maximum absolute atomic E-state index is 12.4. The van der Waals surface area contributed by atoms with Crippen LogP contribution in [0.25, 0.3) is 11.3 Å². The highest BCUT2D eigenvalue weighted by atomic mass is 16.1. The molecule has 2 aliphatic rings. The minimum absolute atomic E-state index is 0.115. The van der Waals surface area contributed by atoms with E-state index in [0.717, 1.165) is 56.2 Å². The molecule has 26 heavy (non-hydrogen) atoms. The summed E-state index contributed by atoms with van der Waals surface area (Å²) < 4.78 is 2.05. The molecule has 0 radical (unpaired) electrons. The van der Waals surface area contributed by atoms with Crippen molar-refractivity contribution in [3.8, 4) is 11.3 Å². The zero-order valence-electron chi connectivity index (χ0n) is 14.9. The Bertz CT molecular complexity index is 737. The third-order valence-corrected chi connectivity index (χ3v) is 5.74. The highest BCUT2D eigenvalue weighted by Crippen LogP contribution is 2.30. The van der Waals surface area contributed by atoms with Crippen LogP contribution in [0.5, 0.6) is 0 Å². The molecule has 0 spiro atoms. The molecule has 2 heterocycles. The van der Waals surface area contributed by atoms with Gasteiger partial charge in [0.2, 0.25) is 5.91 Å². The molecule has 2 fully saturated rings. The number of carbonyl (C=O) groups is 1. The molecule has 2 saturated carbocycles. The number of carbonyl (C=O) groups excluding carboxylic acids is 1. The predicted octanol–water partition coefficient (Wildman–Crippen LogP) is 2.07. The van der Waals surface area contributed by atoms with Gasteiger partial charge in [0.15, 0.2) is 0 Å². The number of hydrogen-bond acceptors (Lipinski definition) is 5. The number of nitrogens with zero attached hydrogens (tertiary/aromatic N) is 4. The SMILES string of the molecule is N[C@H]1CC[C@@H](C(=O)NC2CCC(n3cc(-c4ccncn4)cn3)CC2)C1. The van der Waals surface area contributed by atoms with Gasteiger partial charge in [0.1, 0.15) is 6.33 Å². The monoisotopic (exact) mass is 354 g/mol. The van der Waals surface area contributed by atoms with Gasteiger partial charge in [-0.05, 0) is 51.0 Å². The van der Waals surface area contributed by atoms with Crippen LogP contribution in [0.4, 0.5) is 0 Å². The summed E-state index contributed by atoms with van der Waals surface area (Å²) in [5.74, 6) is 0.316. The van der Waals surface area contributed by atoms with Gasteiger partial charge in [0, 0.05) is 36.0 Å². The van der Waals surface area contributed by atoms with Gasteiger partial charge in [-0.2, -0.15) is 5.10 Å². The zero-order valence-corrected chi connectivity index (χ0v) is 14.9. The van der Waals surface area contributed by atoms with E-state index in [-0.39, 0.29) is 23.9 Å². The van der Waals surface area contributed by atoms with Gasteiger partial charge in [-0.25, -0.2) is 9.97 Å². The van der Waals surface area contributed by atoms with Gasteiger partial charge >= 0.3 is 0 Å². The second kappa shape index (κ2) is 7.53. The van der Waals surface area contributed by atoms with Crippen LogP contribution in [0.1, 0.15) is 51.0 Å². The Morgan fingerprint density at radius 3 is 2.73 bits per heavy atom. The first-order chi connectivity index (χ1) is 12.7. The molecule has 0 aliphatic heterocycles.